The van der Waals surface area contributed by atoms with Gasteiger partial charge in [0.15, 0.2) is 11.6 Å². The van der Waals surface area contributed by atoms with Gasteiger partial charge in [-0.15, -0.1) is 21.5 Å². The molecule has 1 amide bonds. The van der Waals surface area contributed by atoms with Gasteiger partial charge in [-0.25, -0.2) is 0 Å². The van der Waals surface area contributed by atoms with Crippen LogP contribution in [0.1, 0.15) is 87.9 Å². The van der Waals surface area contributed by atoms with Gasteiger partial charge in [-0.05, 0) is 49.6 Å². The third-order valence-electron chi connectivity index (χ3n) is 7.59. The molecule has 1 fully saturated rings. The Morgan fingerprint density at radius 3 is 2.58 bits per heavy atom. The molecule has 0 unspecified atom stereocenters. The number of rotatable bonds is 8. The summed E-state index contributed by atoms with van der Waals surface area (Å²) in [5.41, 5.74) is 2.43. The largest absolute Gasteiger partial charge is 0.351 e. The molecule has 6 rings (SSSR count). The van der Waals surface area contributed by atoms with E-state index in [0.717, 1.165) is 58.7 Å². The predicted octanol–water partition coefficient (Wildman–Crippen LogP) is 7.23. The standard InChI is InChI=1S/C31H30ClN5O2S/c1-2-21-17-23(28(38)22-13-7-8-14-24(22)32)31(40-21)37-27(35-36-29(37)19-10-4-3-5-11-19)18-33-30(39)26-16-20-12-6-9-15-25(20)34-26/h6-9,12-17,19,34H,2-5,10-11,18H2,1H3,(H,33,39). The van der Waals surface area contributed by atoms with Crippen LogP contribution < -0.4 is 5.32 Å². The number of benzene rings is 2. The molecule has 7 nitrogen and oxygen atoms in total. The van der Waals surface area contributed by atoms with Crippen LogP contribution in [0.15, 0.2) is 60.7 Å². The number of H-pyrrole nitrogens is 1. The van der Waals surface area contributed by atoms with E-state index in [4.69, 9.17) is 11.6 Å². The van der Waals surface area contributed by atoms with Crippen LogP contribution in [0.2, 0.25) is 5.02 Å². The van der Waals surface area contributed by atoms with Gasteiger partial charge in [0.2, 0.25) is 0 Å². The summed E-state index contributed by atoms with van der Waals surface area (Å²) in [5, 5.41) is 14.4. The maximum Gasteiger partial charge on any atom is 0.268 e. The zero-order valence-electron chi connectivity index (χ0n) is 22.2. The number of aromatic amines is 1. The lowest BCUT2D eigenvalue weighted by Gasteiger charge is -2.22. The van der Waals surface area contributed by atoms with E-state index in [-0.39, 0.29) is 24.2 Å². The van der Waals surface area contributed by atoms with Crippen LogP contribution in [-0.2, 0) is 13.0 Å². The second kappa shape index (κ2) is 11.4. The van der Waals surface area contributed by atoms with Gasteiger partial charge in [-0.1, -0.05) is 68.1 Å². The van der Waals surface area contributed by atoms with Gasteiger partial charge in [0.05, 0.1) is 17.1 Å². The predicted molar refractivity (Wildman–Crippen MR) is 159 cm³/mol. The van der Waals surface area contributed by atoms with Crippen LogP contribution in [0.3, 0.4) is 0 Å². The lowest BCUT2D eigenvalue weighted by Crippen LogP contribution is -2.25. The van der Waals surface area contributed by atoms with Crippen molar-refractivity contribution in [3.8, 4) is 5.00 Å². The average molecular weight is 572 g/mol. The second-order valence-electron chi connectivity index (χ2n) is 10.2. The molecule has 2 aromatic carbocycles. The molecule has 204 valence electrons. The van der Waals surface area contributed by atoms with Gasteiger partial charge in [0.1, 0.15) is 16.5 Å². The molecule has 3 aromatic heterocycles. The molecule has 40 heavy (non-hydrogen) atoms. The highest BCUT2D eigenvalue weighted by Gasteiger charge is 2.29. The maximum atomic E-state index is 13.8. The van der Waals surface area contributed by atoms with Gasteiger partial charge < -0.3 is 10.3 Å². The second-order valence-corrected chi connectivity index (χ2v) is 11.7. The van der Waals surface area contributed by atoms with Crippen molar-refractivity contribution in [2.75, 3.05) is 0 Å². The molecule has 0 atom stereocenters. The Labute approximate surface area is 241 Å². The lowest BCUT2D eigenvalue weighted by atomic mass is 9.88. The number of aryl methyl sites for hydroxylation is 1. The molecule has 0 bridgehead atoms. The maximum absolute atomic E-state index is 13.8. The fraction of sp³-hybridized carbons (Fsp3) is 0.290. The van der Waals surface area contributed by atoms with Crippen molar-refractivity contribution in [2.24, 2.45) is 0 Å². The lowest BCUT2D eigenvalue weighted by molar-refractivity contribution is 0.0944. The molecule has 3 heterocycles. The average Bonchev–Trinajstić information content (AvgIpc) is 3.72. The Balaban J connectivity index is 1.39. The monoisotopic (exact) mass is 571 g/mol. The van der Waals surface area contributed by atoms with Crippen molar-refractivity contribution in [2.45, 2.75) is 57.9 Å². The fourth-order valence-corrected chi connectivity index (χ4v) is 6.81. The number of thiophene rings is 1. The van der Waals surface area contributed by atoms with Gasteiger partial charge in [-0.2, -0.15) is 0 Å². The highest BCUT2D eigenvalue weighted by atomic mass is 35.5. The van der Waals surface area contributed by atoms with Gasteiger partial charge in [-0.3, -0.25) is 14.2 Å². The Bertz CT molecular complexity index is 1660. The van der Waals surface area contributed by atoms with Crippen LogP contribution in [0.25, 0.3) is 15.9 Å². The minimum absolute atomic E-state index is 0.132. The Hall–Kier alpha value is -3.75. The van der Waals surface area contributed by atoms with Crippen molar-refractivity contribution in [1.82, 2.24) is 25.1 Å². The van der Waals surface area contributed by atoms with Gasteiger partial charge >= 0.3 is 0 Å². The molecule has 1 aliphatic rings. The molecular formula is C31H30ClN5O2S. The van der Waals surface area contributed by atoms with E-state index in [0.29, 0.717) is 27.7 Å². The molecule has 0 spiro atoms. The van der Waals surface area contributed by atoms with Gasteiger partial charge in [0.25, 0.3) is 5.91 Å². The zero-order chi connectivity index (χ0) is 27.6. The number of fused-ring (bicyclic) bond motifs is 1. The summed E-state index contributed by atoms with van der Waals surface area (Å²) in [4.78, 5) is 31.2. The molecular weight excluding hydrogens is 542 g/mol. The van der Waals surface area contributed by atoms with E-state index in [2.05, 4.69) is 27.4 Å². The summed E-state index contributed by atoms with van der Waals surface area (Å²) in [5.74, 6) is 1.34. The zero-order valence-corrected chi connectivity index (χ0v) is 23.8. The molecule has 2 N–H and O–H groups in total. The van der Waals surface area contributed by atoms with E-state index in [1.54, 1.807) is 23.5 Å². The third kappa shape index (κ3) is 5.09. The number of nitrogens with one attached hydrogen (secondary N) is 2. The van der Waals surface area contributed by atoms with E-state index in [1.165, 1.54) is 6.42 Å². The minimum atomic E-state index is -0.224. The van der Waals surface area contributed by atoms with Crippen molar-refractivity contribution >= 4 is 45.5 Å². The molecule has 0 radical (unpaired) electrons. The van der Waals surface area contributed by atoms with Crippen LogP contribution in [0, 0.1) is 0 Å². The van der Waals surface area contributed by atoms with E-state index >= 15 is 0 Å². The summed E-state index contributed by atoms with van der Waals surface area (Å²) >= 11 is 8.02. The minimum Gasteiger partial charge on any atom is -0.351 e. The van der Waals surface area contributed by atoms with E-state index in [1.807, 2.05) is 53.1 Å². The number of carbonyl (C=O) groups excluding carboxylic acids is 2. The Morgan fingerprint density at radius 2 is 1.80 bits per heavy atom. The fourth-order valence-electron chi connectivity index (χ4n) is 5.47. The first-order valence-corrected chi connectivity index (χ1v) is 15.0. The topological polar surface area (TPSA) is 92.7 Å². The number of nitrogens with zero attached hydrogens (tertiary/aromatic N) is 3. The first-order chi connectivity index (χ1) is 19.5. The normalized spacial score (nSPS) is 14.1. The van der Waals surface area contributed by atoms with Crippen molar-refractivity contribution in [3.05, 3.63) is 99.0 Å². The first-order valence-electron chi connectivity index (χ1n) is 13.8. The van der Waals surface area contributed by atoms with Crippen molar-refractivity contribution in [1.29, 1.82) is 0 Å². The van der Waals surface area contributed by atoms with Crippen molar-refractivity contribution < 1.29 is 9.59 Å². The van der Waals surface area contributed by atoms with Gasteiger partial charge in [0, 0.05) is 27.3 Å². The Kier molecular flexibility index (Phi) is 7.54. The highest BCUT2D eigenvalue weighted by molar-refractivity contribution is 7.15. The summed E-state index contributed by atoms with van der Waals surface area (Å²) in [6.07, 6.45) is 6.34. The molecule has 0 saturated heterocycles. The SMILES string of the molecule is CCc1cc(C(=O)c2ccccc2Cl)c(-n2c(CNC(=O)c3cc4ccccc4[nH]3)nnc2C2CCCCC2)s1. The van der Waals surface area contributed by atoms with Crippen LogP contribution in [0.5, 0.6) is 0 Å². The smallest absolute Gasteiger partial charge is 0.268 e. The number of ketones is 1. The van der Waals surface area contributed by atoms with Crippen LogP contribution in [-0.4, -0.2) is 31.4 Å². The summed E-state index contributed by atoms with van der Waals surface area (Å²) in [7, 11) is 0. The molecule has 0 aliphatic heterocycles. The number of aromatic nitrogens is 4. The number of para-hydroxylation sites is 1. The molecule has 5 aromatic rings. The van der Waals surface area contributed by atoms with Crippen molar-refractivity contribution in [3.63, 3.8) is 0 Å². The summed E-state index contributed by atoms with van der Waals surface area (Å²) in [6.45, 7) is 2.25. The highest BCUT2D eigenvalue weighted by Crippen LogP contribution is 2.37. The third-order valence-corrected chi connectivity index (χ3v) is 9.18. The van der Waals surface area contributed by atoms with Crippen LogP contribution >= 0.6 is 22.9 Å². The molecule has 1 aliphatic carbocycles. The van der Waals surface area contributed by atoms with E-state index in [9.17, 15) is 9.59 Å². The Morgan fingerprint density at radius 1 is 1.02 bits per heavy atom. The molecule has 1 saturated carbocycles. The number of carbonyl (C=O) groups is 2. The quantitative estimate of drug-likeness (QED) is 0.192. The number of halogens is 1. The van der Waals surface area contributed by atoms with Crippen LogP contribution in [0.4, 0.5) is 0 Å². The summed E-state index contributed by atoms with van der Waals surface area (Å²) in [6, 6.07) is 18.7. The number of amides is 1. The van der Waals surface area contributed by atoms with E-state index < -0.39 is 0 Å². The molecule has 9 heteroatoms. The number of hydrogen-bond donors (Lipinski definition) is 2. The summed E-state index contributed by atoms with van der Waals surface area (Å²) < 4.78 is 2.02. The number of hydrogen-bond acceptors (Lipinski definition) is 5. The first kappa shape index (κ1) is 26.5.